The molecule has 1 amide bonds. The summed E-state index contributed by atoms with van der Waals surface area (Å²) < 4.78 is 65.4. The summed E-state index contributed by atoms with van der Waals surface area (Å²) in [5, 5.41) is 2.06. The largest absolute Gasteiger partial charge is 0.418 e. The molecule has 0 unspecified atom stereocenters. The monoisotopic (exact) mass is 436 g/mol. The Morgan fingerprint density at radius 1 is 1.04 bits per heavy atom. The first-order valence-electron chi connectivity index (χ1n) is 6.81. The number of anilines is 1. The van der Waals surface area contributed by atoms with Crippen LogP contribution in [0.15, 0.2) is 57.9 Å². The lowest BCUT2D eigenvalue weighted by Crippen LogP contribution is -2.33. The summed E-state index contributed by atoms with van der Waals surface area (Å²) in [7, 11) is -3.96. The number of rotatable bonds is 5. The zero-order valence-corrected chi connectivity index (χ0v) is 14.9. The van der Waals surface area contributed by atoms with Crippen LogP contribution in [0.3, 0.4) is 0 Å². The zero-order chi connectivity index (χ0) is 18.7. The summed E-state index contributed by atoms with van der Waals surface area (Å²) in [5.74, 6) is -0.919. The van der Waals surface area contributed by atoms with E-state index in [4.69, 9.17) is 0 Å². The number of hydrogen-bond donors (Lipinski definition) is 2. The first kappa shape index (κ1) is 19.4. The van der Waals surface area contributed by atoms with E-state index in [0.29, 0.717) is 4.47 Å². The molecule has 2 aromatic carbocycles. The van der Waals surface area contributed by atoms with Crippen LogP contribution in [0.25, 0.3) is 0 Å². The highest BCUT2D eigenvalue weighted by Gasteiger charge is 2.33. The van der Waals surface area contributed by atoms with Crippen molar-refractivity contribution in [2.24, 2.45) is 0 Å². The van der Waals surface area contributed by atoms with Gasteiger partial charge in [0.05, 0.1) is 22.7 Å². The molecule has 0 radical (unpaired) electrons. The lowest BCUT2D eigenvalue weighted by molar-refractivity contribution is -0.137. The van der Waals surface area contributed by atoms with Gasteiger partial charge < -0.3 is 5.32 Å². The Bertz CT molecular complexity index is 868. The molecule has 2 aromatic rings. The van der Waals surface area contributed by atoms with Crippen molar-refractivity contribution in [2.75, 3.05) is 11.9 Å². The number of nitrogens with one attached hydrogen (secondary N) is 2. The van der Waals surface area contributed by atoms with Crippen molar-refractivity contribution in [3.8, 4) is 0 Å². The minimum absolute atomic E-state index is 0.0702. The van der Waals surface area contributed by atoms with E-state index in [9.17, 15) is 26.4 Å². The van der Waals surface area contributed by atoms with Gasteiger partial charge >= 0.3 is 6.18 Å². The van der Waals surface area contributed by atoms with Crippen LogP contribution in [0.4, 0.5) is 18.9 Å². The van der Waals surface area contributed by atoms with Crippen molar-refractivity contribution >= 4 is 37.5 Å². The average molecular weight is 437 g/mol. The molecule has 134 valence electrons. The molecule has 2 rings (SSSR count). The minimum Gasteiger partial charge on any atom is -0.324 e. The van der Waals surface area contributed by atoms with Gasteiger partial charge in [-0.3, -0.25) is 4.79 Å². The number of hydrogen-bond acceptors (Lipinski definition) is 3. The number of halogens is 4. The Balaban J connectivity index is 2.06. The molecule has 0 saturated heterocycles. The third-order valence-corrected chi connectivity index (χ3v) is 5.00. The van der Waals surface area contributed by atoms with Crippen molar-refractivity contribution in [3.63, 3.8) is 0 Å². The molecule has 0 heterocycles. The fraction of sp³-hybridized carbons (Fsp3) is 0.133. The maximum Gasteiger partial charge on any atom is 0.418 e. The van der Waals surface area contributed by atoms with Gasteiger partial charge in [0.1, 0.15) is 0 Å². The van der Waals surface area contributed by atoms with E-state index in [1.54, 1.807) is 0 Å². The molecule has 0 bridgehead atoms. The van der Waals surface area contributed by atoms with Crippen LogP contribution in [0.2, 0.25) is 0 Å². The van der Waals surface area contributed by atoms with Gasteiger partial charge in [-0.2, -0.15) is 13.2 Å². The van der Waals surface area contributed by atoms with Gasteiger partial charge in [0, 0.05) is 4.47 Å². The summed E-state index contributed by atoms with van der Waals surface area (Å²) in [6.45, 7) is -0.704. The lowest BCUT2D eigenvalue weighted by atomic mass is 10.1. The Hall–Kier alpha value is -1.91. The van der Waals surface area contributed by atoms with Crippen LogP contribution in [-0.2, 0) is 21.0 Å². The van der Waals surface area contributed by atoms with Crippen molar-refractivity contribution in [3.05, 3.63) is 58.6 Å². The fourth-order valence-corrected chi connectivity index (χ4v) is 3.14. The van der Waals surface area contributed by atoms with E-state index in [1.807, 2.05) is 4.72 Å². The summed E-state index contributed by atoms with van der Waals surface area (Å²) in [6.07, 6.45) is -4.64. The molecular formula is C15H12BrF3N2O3S. The van der Waals surface area contributed by atoms with Crippen molar-refractivity contribution < 1.29 is 26.4 Å². The predicted octanol–water partition coefficient (Wildman–Crippen LogP) is 3.38. The molecule has 0 spiro atoms. The lowest BCUT2D eigenvalue weighted by Gasteiger charge is -2.13. The van der Waals surface area contributed by atoms with E-state index >= 15 is 0 Å². The van der Waals surface area contributed by atoms with Crippen LogP contribution in [0.1, 0.15) is 5.56 Å². The fourth-order valence-electron chi connectivity index (χ4n) is 1.89. The van der Waals surface area contributed by atoms with Gasteiger partial charge in [-0.1, -0.05) is 28.1 Å². The number of carbonyl (C=O) groups excluding carboxylic acids is 1. The van der Waals surface area contributed by atoms with Gasteiger partial charge in [-0.25, -0.2) is 13.1 Å². The summed E-state index contributed by atoms with van der Waals surface area (Å²) in [4.78, 5) is 11.7. The highest BCUT2D eigenvalue weighted by atomic mass is 79.9. The number of para-hydroxylation sites is 1. The first-order valence-corrected chi connectivity index (χ1v) is 9.08. The van der Waals surface area contributed by atoms with Crippen molar-refractivity contribution in [1.29, 1.82) is 0 Å². The van der Waals surface area contributed by atoms with Gasteiger partial charge in [0.25, 0.3) is 0 Å². The van der Waals surface area contributed by atoms with E-state index < -0.39 is 39.9 Å². The van der Waals surface area contributed by atoms with Crippen LogP contribution in [0, 0.1) is 0 Å². The highest BCUT2D eigenvalue weighted by Crippen LogP contribution is 2.34. The second-order valence-corrected chi connectivity index (χ2v) is 7.55. The normalized spacial score (nSPS) is 12.0. The smallest absolute Gasteiger partial charge is 0.324 e. The van der Waals surface area contributed by atoms with Gasteiger partial charge in [0.15, 0.2) is 0 Å². The van der Waals surface area contributed by atoms with Crippen molar-refractivity contribution in [1.82, 2.24) is 4.72 Å². The molecule has 10 heteroatoms. The molecular weight excluding hydrogens is 425 g/mol. The Kier molecular flexibility index (Phi) is 5.86. The Morgan fingerprint density at radius 2 is 1.64 bits per heavy atom. The number of carbonyl (C=O) groups is 1. The topological polar surface area (TPSA) is 75.3 Å². The van der Waals surface area contributed by atoms with Crippen LogP contribution < -0.4 is 10.0 Å². The maximum absolute atomic E-state index is 12.9. The summed E-state index contributed by atoms with van der Waals surface area (Å²) in [5.41, 5.74) is -1.46. The number of benzene rings is 2. The molecule has 0 aliphatic rings. The molecule has 0 aliphatic heterocycles. The number of amides is 1. The quantitative estimate of drug-likeness (QED) is 0.754. The maximum atomic E-state index is 12.9. The van der Waals surface area contributed by atoms with E-state index in [-0.39, 0.29) is 4.90 Å². The third-order valence-electron chi connectivity index (χ3n) is 3.05. The van der Waals surface area contributed by atoms with Gasteiger partial charge in [0.2, 0.25) is 15.9 Å². The highest BCUT2D eigenvalue weighted by molar-refractivity contribution is 9.10. The van der Waals surface area contributed by atoms with E-state index in [0.717, 1.165) is 12.1 Å². The molecule has 0 saturated carbocycles. The number of sulfonamides is 1. The van der Waals surface area contributed by atoms with E-state index in [1.165, 1.54) is 36.4 Å². The van der Waals surface area contributed by atoms with Gasteiger partial charge in [-0.05, 0) is 36.4 Å². The minimum atomic E-state index is -4.64. The predicted molar refractivity (Wildman–Crippen MR) is 89.4 cm³/mol. The first-order chi connectivity index (χ1) is 11.6. The third kappa shape index (κ3) is 5.28. The van der Waals surface area contributed by atoms with Crippen LogP contribution in [-0.4, -0.2) is 20.9 Å². The standard InChI is InChI=1S/C15H12BrF3N2O3S/c16-10-5-7-11(8-6-10)25(23,24)20-9-14(22)21-13-4-2-1-3-12(13)15(17,18)19/h1-8,20H,9H2,(H,21,22). The number of alkyl halides is 3. The van der Waals surface area contributed by atoms with E-state index in [2.05, 4.69) is 21.2 Å². The Morgan fingerprint density at radius 3 is 2.24 bits per heavy atom. The van der Waals surface area contributed by atoms with Crippen molar-refractivity contribution in [2.45, 2.75) is 11.1 Å². The molecule has 2 N–H and O–H groups in total. The molecule has 0 fully saturated rings. The van der Waals surface area contributed by atoms with Crippen LogP contribution in [0.5, 0.6) is 0 Å². The SMILES string of the molecule is O=C(CNS(=O)(=O)c1ccc(Br)cc1)Nc1ccccc1C(F)(F)F. The van der Waals surface area contributed by atoms with Crippen LogP contribution >= 0.6 is 15.9 Å². The molecule has 0 aliphatic carbocycles. The zero-order valence-electron chi connectivity index (χ0n) is 12.5. The molecule has 25 heavy (non-hydrogen) atoms. The summed E-state index contributed by atoms with van der Waals surface area (Å²) in [6, 6.07) is 10.1. The summed E-state index contributed by atoms with van der Waals surface area (Å²) >= 11 is 3.16. The molecule has 0 aromatic heterocycles. The van der Waals surface area contributed by atoms with Gasteiger partial charge in [-0.15, -0.1) is 0 Å². The Labute approximate surface area is 150 Å². The second-order valence-electron chi connectivity index (χ2n) is 4.87. The molecule has 5 nitrogen and oxygen atoms in total. The molecule has 0 atom stereocenters. The average Bonchev–Trinajstić information content (AvgIpc) is 2.53. The second kappa shape index (κ2) is 7.54.